The van der Waals surface area contributed by atoms with Crippen LogP contribution in [0.2, 0.25) is 0 Å². The van der Waals surface area contributed by atoms with Crippen LogP contribution >= 0.6 is 23.7 Å². The van der Waals surface area contributed by atoms with Crippen molar-refractivity contribution in [2.24, 2.45) is 0 Å². The summed E-state index contributed by atoms with van der Waals surface area (Å²) in [5, 5.41) is 6.79. The van der Waals surface area contributed by atoms with Gasteiger partial charge in [0.1, 0.15) is 0 Å². The second-order valence-corrected chi connectivity index (χ2v) is 7.55. The maximum absolute atomic E-state index is 2.41. The second kappa shape index (κ2) is 7.57. The van der Waals surface area contributed by atoms with Gasteiger partial charge in [0.2, 0.25) is 0 Å². The van der Waals surface area contributed by atoms with Crippen LogP contribution in [0.1, 0.15) is 6.42 Å². The van der Waals surface area contributed by atoms with Gasteiger partial charge in [0.05, 0.1) is 0 Å². The smallest absolute Gasteiger partial charge is 0.0361 e. The van der Waals surface area contributed by atoms with E-state index in [4.69, 9.17) is 0 Å². The summed E-state index contributed by atoms with van der Waals surface area (Å²) in [5.41, 5.74) is 0. The third-order valence-corrected chi connectivity index (χ3v) is 5.61. The molecule has 0 atom stereocenters. The van der Waals surface area contributed by atoms with Gasteiger partial charge in [-0.05, 0) is 54.0 Å². The molecule has 0 unspecified atom stereocenters. The van der Waals surface area contributed by atoms with Crippen molar-refractivity contribution in [3.63, 3.8) is 0 Å². The second-order valence-electron chi connectivity index (χ2n) is 6.47. The molecular weight excluding hydrogens is 346 g/mol. The van der Waals surface area contributed by atoms with Gasteiger partial charge in [-0.25, -0.2) is 0 Å². The molecule has 0 aliphatic rings. The van der Waals surface area contributed by atoms with Crippen LogP contribution in [0.15, 0.2) is 60.7 Å². The molecule has 0 bridgehead atoms. The lowest BCUT2D eigenvalue weighted by Crippen LogP contribution is -2.13. The average molecular weight is 368 g/mol. The van der Waals surface area contributed by atoms with Crippen LogP contribution in [-0.2, 0) is 0 Å². The van der Waals surface area contributed by atoms with Gasteiger partial charge in [-0.2, -0.15) is 0 Å². The summed E-state index contributed by atoms with van der Waals surface area (Å²) in [7, 11) is 4.26. The lowest BCUT2D eigenvalue weighted by atomic mass is 10.0. The number of hydrogen-bond acceptors (Lipinski definition) is 2. The van der Waals surface area contributed by atoms with E-state index in [1.807, 2.05) is 11.3 Å². The molecule has 4 rings (SSSR count). The number of nitrogens with zero attached hydrogens (tertiary/aromatic N) is 1. The Balaban J connectivity index is 0.00000182. The molecule has 1 heterocycles. The molecule has 0 aliphatic heterocycles. The molecule has 1 nitrogen and oxygen atoms in total. The molecule has 128 valence electrons. The SMILES string of the molecule is CN(C)CC/C=c1\c2ccccc2sc2cccc3cccc1c32.Cl. The quantitative estimate of drug-likeness (QED) is 0.452. The molecule has 3 heteroatoms. The molecule has 0 spiro atoms. The highest BCUT2D eigenvalue weighted by atomic mass is 35.5. The van der Waals surface area contributed by atoms with Crippen LogP contribution in [0.3, 0.4) is 0 Å². The van der Waals surface area contributed by atoms with Gasteiger partial charge in [-0.3, -0.25) is 0 Å². The van der Waals surface area contributed by atoms with E-state index in [1.54, 1.807) is 0 Å². The Morgan fingerprint density at radius 2 is 1.52 bits per heavy atom. The first-order valence-electron chi connectivity index (χ1n) is 8.38. The Labute approximate surface area is 158 Å². The van der Waals surface area contributed by atoms with Gasteiger partial charge in [-0.1, -0.05) is 54.6 Å². The van der Waals surface area contributed by atoms with Crippen LogP contribution in [-0.4, -0.2) is 25.5 Å². The topological polar surface area (TPSA) is 3.24 Å². The lowest BCUT2D eigenvalue weighted by molar-refractivity contribution is 0.421. The van der Waals surface area contributed by atoms with E-state index in [0.717, 1.165) is 13.0 Å². The maximum atomic E-state index is 2.41. The van der Waals surface area contributed by atoms with E-state index < -0.39 is 0 Å². The third kappa shape index (κ3) is 3.43. The molecule has 1 aromatic heterocycles. The molecule has 0 saturated carbocycles. The van der Waals surface area contributed by atoms with Crippen molar-refractivity contribution in [3.8, 4) is 0 Å². The van der Waals surface area contributed by atoms with Gasteiger partial charge >= 0.3 is 0 Å². The summed E-state index contributed by atoms with van der Waals surface area (Å²) < 4.78 is 2.70. The van der Waals surface area contributed by atoms with Crippen molar-refractivity contribution >= 4 is 60.8 Å². The minimum Gasteiger partial charge on any atom is -0.309 e. The predicted octanol–water partition coefficient (Wildman–Crippen LogP) is 5.64. The van der Waals surface area contributed by atoms with Crippen molar-refractivity contribution in [3.05, 3.63) is 65.9 Å². The zero-order valence-electron chi connectivity index (χ0n) is 14.5. The summed E-state index contributed by atoms with van der Waals surface area (Å²) >= 11 is 1.89. The fourth-order valence-corrected chi connectivity index (χ4v) is 4.49. The molecule has 0 amide bonds. The largest absolute Gasteiger partial charge is 0.309 e. The van der Waals surface area contributed by atoms with E-state index in [1.165, 1.54) is 36.2 Å². The number of fused-ring (bicyclic) bond motifs is 1. The molecule has 0 fully saturated rings. The zero-order valence-corrected chi connectivity index (χ0v) is 16.2. The molecule has 0 radical (unpaired) electrons. The van der Waals surface area contributed by atoms with Crippen molar-refractivity contribution in [2.45, 2.75) is 6.42 Å². The van der Waals surface area contributed by atoms with Crippen molar-refractivity contribution in [2.75, 3.05) is 20.6 Å². The summed E-state index contributed by atoms with van der Waals surface area (Å²) in [4.78, 5) is 2.24. The van der Waals surface area contributed by atoms with Gasteiger partial charge in [0, 0.05) is 21.3 Å². The molecule has 0 aliphatic carbocycles. The molecule has 4 aromatic rings. The molecular formula is C22H22ClNS. The highest BCUT2D eigenvalue weighted by Gasteiger charge is 2.05. The zero-order chi connectivity index (χ0) is 16.5. The van der Waals surface area contributed by atoms with Crippen LogP contribution in [0, 0.1) is 0 Å². The summed E-state index contributed by atoms with van der Waals surface area (Å²) in [5.74, 6) is 0. The predicted molar refractivity (Wildman–Crippen MR) is 116 cm³/mol. The third-order valence-electron chi connectivity index (χ3n) is 4.48. The first kappa shape index (κ1) is 17.9. The Morgan fingerprint density at radius 1 is 0.840 bits per heavy atom. The van der Waals surface area contributed by atoms with E-state index in [0.29, 0.717) is 0 Å². The van der Waals surface area contributed by atoms with Gasteiger partial charge in [-0.15, -0.1) is 23.7 Å². The summed E-state index contributed by atoms with van der Waals surface area (Å²) in [6, 6.07) is 22.1. The fourth-order valence-electron chi connectivity index (χ4n) is 3.34. The van der Waals surface area contributed by atoms with E-state index in [9.17, 15) is 0 Å². The molecule has 0 saturated heterocycles. The Bertz CT molecular complexity index is 1090. The average Bonchev–Trinajstić information content (AvgIpc) is 2.72. The van der Waals surface area contributed by atoms with Crippen LogP contribution in [0.5, 0.6) is 0 Å². The van der Waals surface area contributed by atoms with Crippen LogP contribution in [0.4, 0.5) is 0 Å². The van der Waals surface area contributed by atoms with Crippen molar-refractivity contribution in [1.82, 2.24) is 4.90 Å². The highest BCUT2D eigenvalue weighted by Crippen LogP contribution is 2.30. The number of rotatable bonds is 3. The summed E-state index contributed by atoms with van der Waals surface area (Å²) in [6.45, 7) is 1.07. The number of hydrogen-bond donors (Lipinski definition) is 0. The monoisotopic (exact) mass is 367 g/mol. The molecule has 3 aromatic carbocycles. The molecule has 25 heavy (non-hydrogen) atoms. The minimum atomic E-state index is 0. The normalized spacial score (nSPS) is 12.2. The number of halogens is 1. The summed E-state index contributed by atoms with van der Waals surface area (Å²) in [6.07, 6.45) is 3.47. The Morgan fingerprint density at radius 3 is 2.32 bits per heavy atom. The van der Waals surface area contributed by atoms with Crippen molar-refractivity contribution in [1.29, 1.82) is 0 Å². The Kier molecular flexibility index (Phi) is 5.43. The number of benzene rings is 3. The lowest BCUT2D eigenvalue weighted by Gasteiger charge is -2.06. The molecule has 0 N–H and O–H groups in total. The van der Waals surface area contributed by atoms with Crippen LogP contribution in [0.25, 0.3) is 37.0 Å². The van der Waals surface area contributed by atoms with E-state index in [2.05, 4.69) is 85.7 Å². The van der Waals surface area contributed by atoms with Crippen LogP contribution < -0.4 is 5.22 Å². The standard InChI is InChI=1S/C22H21NS.ClH/c1-23(2)15-7-12-17-18-10-3-4-13-20(18)24-21-14-6-9-16-8-5-11-19(17)22(16)21;/h3-6,8-14H,7,15H2,1-2H3;1H/b17-12+;. The maximum Gasteiger partial charge on any atom is 0.0361 e. The van der Waals surface area contributed by atoms with Gasteiger partial charge in [0.15, 0.2) is 0 Å². The van der Waals surface area contributed by atoms with E-state index in [-0.39, 0.29) is 12.4 Å². The van der Waals surface area contributed by atoms with Gasteiger partial charge in [0.25, 0.3) is 0 Å². The minimum absolute atomic E-state index is 0. The van der Waals surface area contributed by atoms with Crippen molar-refractivity contribution < 1.29 is 0 Å². The fraction of sp³-hybridized carbons (Fsp3) is 0.182. The first-order valence-corrected chi connectivity index (χ1v) is 9.20. The van der Waals surface area contributed by atoms with E-state index >= 15 is 0 Å². The van der Waals surface area contributed by atoms with Gasteiger partial charge < -0.3 is 4.90 Å². The Hall–Kier alpha value is -1.87. The highest BCUT2D eigenvalue weighted by molar-refractivity contribution is 7.24. The first-order chi connectivity index (χ1) is 11.7.